The fraction of sp³-hybridized carbons (Fsp3) is 0.529. The summed E-state index contributed by atoms with van der Waals surface area (Å²) < 4.78 is 10.7. The van der Waals surface area contributed by atoms with Crippen LogP contribution in [0.5, 0.6) is 0 Å². The number of ether oxygens (including phenoxy) is 1. The fourth-order valence-corrected chi connectivity index (χ4v) is 2.60. The molecule has 1 saturated carbocycles. The molecule has 0 amide bonds. The van der Waals surface area contributed by atoms with Crippen molar-refractivity contribution in [3.05, 3.63) is 29.6 Å². The molecular formula is C17H23N3O2. The molecular weight excluding hydrogens is 278 g/mol. The van der Waals surface area contributed by atoms with Gasteiger partial charge in [-0.1, -0.05) is 18.1 Å². The molecule has 0 radical (unpaired) electrons. The lowest BCUT2D eigenvalue weighted by Gasteiger charge is -2.20. The summed E-state index contributed by atoms with van der Waals surface area (Å²) in [6, 6.07) is 6.57. The number of aryl methyl sites for hydroxylation is 2. The zero-order chi connectivity index (χ0) is 15.5. The Morgan fingerprint density at radius 1 is 1.41 bits per heavy atom. The number of benzene rings is 1. The third kappa shape index (κ3) is 3.30. The van der Waals surface area contributed by atoms with Crippen molar-refractivity contribution < 1.29 is 9.26 Å². The maximum atomic E-state index is 5.35. The maximum absolute atomic E-state index is 5.35. The molecule has 1 fully saturated rings. The van der Waals surface area contributed by atoms with Crippen molar-refractivity contribution in [2.75, 3.05) is 19.0 Å². The summed E-state index contributed by atoms with van der Waals surface area (Å²) in [7, 11) is 1.76. The smallest absolute Gasteiger partial charge is 0.257 e. The standard InChI is InChI=1S/C17H23N3O2/c1-4-16-19-17(22-20-16)13-6-5-11(2)14(9-13)18-15(10-21-3)12-7-8-12/h5-6,9,12,15,18H,4,7-8,10H2,1-3H3. The largest absolute Gasteiger partial charge is 0.383 e. The van der Waals surface area contributed by atoms with Crippen LogP contribution >= 0.6 is 0 Å². The third-order valence-electron chi connectivity index (χ3n) is 4.15. The number of hydrogen-bond donors (Lipinski definition) is 1. The highest BCUT2D eigenvalue weighted by atomic mass is 16.5. The molecule has 1 aromatic carbocycles. The summed E-state index contributed by atoms with van der Waals surface area (Å²) in [5.74, 6) is 2.04. The number of nitrogens with one attached hydrogen (secondary N) is 1. The molecule has 0 spiro atoms. The van der Waals surface area contributed by atoms with Crippen LogP contribution in [0.3, 0.4) is 0 Å². The summed E-state index contributed by atoms with van der Waals surface area (Å²) in [5, 5.41) is 7.59. The van der Waals surface area contributed by atoms with Gasteiger partial charge in [0.2, 0.25) is 0 Å². The lowest BCUT2D eigenvalue weighted by atomic mass is 10.1. The lowest BCUT2D eigenvalue weighted by Crippen LogP contribution is -2.27. The highest BCUT2D eigenvalue weighted by Crippen LogP contribution is 2.35. The highest BCUT2D eigenvalue weighted by Gasteiger charge is 2.31. The average molecular weight is 301 g/mol. The Morgan fingerprint density at radius 3 is 2.86 bits per heavy atom. The molecule has 5 heteroatoms. The quantitative estimate of drug-likeness (QED) is 0.849. The first kappa shape index (κ1) is 15.0. The second kappa shape index (κ2) is 6.48. The minimum Gasteiger partial charge on any atom is -0.383 e. The van der Waals surface area contributed by atoms with Crippen LogP contribution < -0.4 is 5.32 Å². The Morgan fingerprint density at radius 2 is 2.23 bits per heavy atom. The van der Waals surface area contributed by atoms with Crippen molar-refractivity contribution in [1.29, 1.82) is 0 Å². The Balaban J connectivity index is 1.82. The Kier molecular flexibility index (Phi) is 4.43. The monoisotopic (exact) mass is 301 g/mol. The van der Waals surface area contributed by atoms with Gasteiger partial charge in [0.1, 0.15) is 0 Å². The van der Waals surface area contributed by atoms with E-state index in [9.17, 15) is 0 Å². The van der Waals surface area contributed by atoms with E-state index in [1.165, 1.54) is 18.4 Å². The third-order valence-corrected chi connectivity index (χ3v) is 4.15. The van der Waals surface area contributed by atoms with Gasteiger partial charge in [-0.05, 0) is 43.4 Å². The topological polar surface area (TPSA) is 60.2 Å². The van der Waals surface area contributed by atoms with Crippen molar-refractivity contribution >= 4 is 5.69 Å². The van der Waals surface area contributed by atoms with Gasteiger partial charge in [0.25, 0.3) is 5.89 Å². The van der Waals surface area contributed by atoms with Crippen molar-refractivity contribution in [1.82, 2.24) is 10.1 Å². The molecule has 1 aliphatic carbocycles. The van der Waals surface area contributed by atoms with Crippen LogP contribution in [0.2, 0.25) is 0 Å². The van der Waals surface area contributed by atoms with E-state index in [0.717, 1.165) is 36.0 Å². The van der Waals surface area contributed by atoms with Crippen LogP contribution in [0, 0.1) is 12.8 Å². The number of anilines is 1. The molecule has 1 aromatic heterocycles. The predicted octanol–water partition coefficient (Wildman–Crippen LogP) is 3.44. The first-order chi connectivity index (χ1) is 10.7. The number of methoxy groups -OCH3 is 1. The molecule has 1 heterocycles. The minimum absolute atomic E-state index is 0.368. The molecule has 0 aliphatic heterocycles. The maximum Gasteiger partial charge on any atom is 0.257 e. The minimum atomic E-state index is 0.368. The molecule has 3 rings (SSSR count). The summed E-state index contributed by atoms with van der Waals surface area (Å²) in [6.07, 6.45) is 3.34. The van der Waals surface area contributed by atoms with E-state index >= 15 is 0 Å². The van der Waals surface area contributed by atoms with Gasteiger partial charge in [0.15, 0.2) is 5.82 Å². The van der Waals surface area contributed by atoms with E-state index in [1.54, 1.807) is 7.11 Å². The molecule has 1 aliphatic rings. The second-order valence-electron chi connectivity index (χ2n) is 5.94. The molecule has 1 unspecified atom stereocenters. The summed E-state index contributed by atoms with van der Waals surface area (Å²) in [5.41, 5.74) is 3.27. The van der Waals surface area contributed by atoms with E-state index in [4.69, 9.17) is 9.26 Å². The summed E-state index contributed by atoms with van der Waals surface area (Å²) >= 11 is 0. The molecule has 1 atom stereocenters. The van der Waals surface area contributed by atoms with Crippen LogP contribution in [0.25, 0.3) is 11.5 Å². The van der Waals surface area contributed by atoms with E-state index in [2.05, 4.69) is 34.5 Å². The average Bonchev–Trinajstić information content (AvgIpc) is 3.26. The fourth-order valence-electron chi connectivity index (χ4n) is 2.60. The SMILES string of the molecule is CCc1noc(-c2ccc(C)c(NC(COC)C3CC3)c2)n1. The van der Waals surface area contributed by atoms with Gasteiger partial charge >= 0.3 is 0 Å². The van der Waals surface area contributed by atoms with E-state index in [-0.39, 0.29) is 0 Å². The second-order valence-corrected chi connectivity index (χ2v) is 5.94. The molecule has 0 saturated heterocycles. The van der Waals surface area contributed by atoms with Crippen LogP contribution in [-0.4, -0.2) is 29.9 Å². The van der Waals surface area contributed by atoms with Gasteiger partial charge in [-0.25, -0.2) is 0 Å². The highest BCUT2D eigenvalue weighted by molar-refractivity contribution is 5.64. The van der Waals surface area contributed by atoms with Crippen molar-refractivity contribution in [3.63, 3.8) is 0 Å². The Bertz CT molecular complexity index is 635. The van der Waals surface area contributed by atoms with Crippen molar-refractivity contribution in [2.45, 2.75) is 39.2 Å². The number of nitrogens with zero attached hydrogens (tertiary/aromatic N) is 2. The zero-order valence-corrected chi connectivity index (χ0v) is 13.4. The van der Waals surface area contributed by atoms with Crippen LogP contribution in [0.1, 0.15) is 31.2 Å². The summed E-state index contributed by atoms with van der Waals surface area (Å²) in [4.78, 5) is 4.40. The lowest BCUT2D eigenvalue weighted by molar-refractivity contribution is 0.179. The van der Waals surface area contributed by atoms with Crippen LogP contribution in [0.4, 0.5) is 5.69 Å². The van der Waals surface area contributed by atoms with Crippen LogP contribution in [-0.2, 0) is 11.2 Å². The normalized spacial score (nSPS) is 15.8. The van der Waals surface area contributed by atoms with Gasteiger partial charge in [0.05, 0.1) is 12.6 Å². The van der Waals surface area contributed by atoms with E-state index in [0.29, 0.717) is 11.9 Å². The van der Waals surface area contributed by atoms with Gasteiger partial charge in [-0.2, -0.15) is 4.98 Å². The molecule has 0 bridgehead atoms. The van der Waals surface area contributed by atoms with Crippen molar-refractivity contribution in [2.24, 2.45) is 5.92 Å². The molecule has 118 valence electrons. The van der Waals surface area contributed by atoms with Gasteiger partial charge in [-0.15, -0.1) is 0 Å². The Hall–Kier alpha value is -1.88. The molecule has 2 aromatic rings. The zero-order valence-electron chi connectivity index (χ0n) is 13.4. The Labute approximate surface area is 131 Å². The van der Waals surface area contributed by atoms with E-state index in [1.807, 2.05) is 13.0 Å². The number of rotatable bonds is 7. The first-order valence-electron chi connectivity index (χ1n) is 7.90. The molecule has 1 N–H and O–H groups in total. The van der Waals surface area contributed by atoms with E-state index < -0.39 is 0 Å². The first-order valence-corrected chi connectivity index (χ1v) is 7.90. The number of aromatic nitrogens is 2. The van der Waals surface area contributed by atoms with Gasteiger partial charge in [0, 0.05) is 24.8 Å². The summed E-state index contributed by atoms with van der Waals surface area (Å²) in [6.45, 7) is 4.85. The van der Waals surface area contributed by atoms with Gasteiger partial charge in [-0.3, -0.25) is 0 Å². The molecule has 22 heavy (non-hydrogen) atoms. The predicted molar refractivity (Wildman–Crippen MR) is 85.9 cm³/mol. The molecule has 5 nitrogen and oxygen atoms in total. The van der Waals surface area contributed by atoms with Gasteiger partial charge < -0.3 is 14.6 Å². The van der Waals surface area contributed by atoms with Crippen molar-refractivity contribution in [3.8, 4) is 11.5 Å². The number of hydrogen-bond acceptors (Lipinski definition) is 5. The van der Waals surface area contributed by atoms with Crippen LogP contribution in [0.15, 0.2) is 22.7 Å².